The van der Waals surface area contributed by atoms with Crippen molar-refractivity contribution >= 4 is 46.1 Å². The highest BCUT2D eigenvalue weighted by Crippen LogP contribution is 2.33. The summed E-state index contributed by atoms with van der Waals surface area (Å²) in [4.78, 5) is 4.49. The molecule has 102 valence electrons. The molecule has 0 radical (unpaired) electrons. The molecule has 0 amide bonds. The average Bonchev–Trinajstić information content (AvgIpc) is 2.80. The van der Waals surface area contributed by atoms with Gasteiger partial charge in [0.1, 0.15) is 5.65 Å². The van der Waals surface area contributed by atoms with E-state index >= 15 is 0 Å². The van der Waals surface area contributed by atoms with Crippen molar-refractivity contribution in [3.8, 4) is 0 Å². The molecule has 0 saturated carbocycles. The Morgan fingerprint density at radius 2 is 1.85 bits per heavy atom. The van der Waals surface area contributed by atoms with Gasteiger partial charge in [-0.05, 0) is 24.3 Å². The summed E-state index contributed by atoms with van der Waals surface area (Å²) in [7, 11) is 0. The number of nitrogens with one attached hydrogen (secondary N) is 1. The molecule has 1 N–H and O–H groups in total. The van der Waals surface area contributed by atoms with E-state index in [1.165, 1.54) is 0 Å². The van der Waals surface area contributed by atoms with E-state index in [-0.39, 0.29) is 0 Å². The van der Waals surface area contributed by atoms with Gasteiger partial charge in [-0.1, -0.05) is 40.9 Å². The Balaban J connectivity index is 1.83. The number of hydrogen-bond donors (Lipinski definition) is 1. The smallest absolute Gasteiger partial charge is 0.137 e. The topological polar surface area (TPSA) is 29.3 Å². The number of pyridine rings is 1. The van der Waals surface area contributed by atoms with Gasteiger partial charge in [0, 0.05) is 17.4 Å². The predicted octanol–water partition coefficient (Wildman–Crippen LogP) is 4.91. The lowest BCUT2D eigenvalue weighted by Gasteiger charge is -2.09. The Labute approximate surface area is 131 Å². The molecule has 0 aliphatic heterocycles. The lowest BCUT2D eigenvalue weighted by Crippen LogP contribution is -2.01. The van der Waals surface area contributed by atoms with E-state index in [9.17, 15) is 0 Å². The van der Waals surface area contributed by atoms with Gasteiger partial charge in [-0.3, -0.25) is 0 Å². The molecule has 2 aromatic heterocycles. The van der Waals surface area contributed by atoms with Crippen LogP contribution in [0.15, 0.2) is 42.7 Å². The van der Waals surface area contributed by atoms with Crippen LogP contribution in [-0.4, -0.2) is 9.38 Å². The number of rotatable bonds is 3. The summed E-state index contributed by atoms with van der Waals surface area (Å²) in [6, 6.07) is 9.17. The molecule has 3 rings (SSSR count). The van der Waals surface area contributed by atoms with E-state index in [2.05, 4.69) is 10.3 Å². The van der Waals surface area contributed by atoms with Crippen LogP contribution in [0.1, 0.15) is 5.69 Å². The molecule has 20 heavy (non-hydrogen) atoms. The molecule has 2 heterocycles. The van der Waals surface area contributed by atoms with E-state index in [4.69, 9.17) is 34.8 Å². The highest BCUT2D eigenvalue weighted by atomic mass is 35.5. The molecule has 6 heteroatoms. The molecule has 3 aromatic rings. The highest BCUT2D eigenvalue weighted by molar-refractivity contribution is 6.41. The SMILES string of the molecule is Clc1cc(Cl)c(NCc2cn3ccccc3n2)c(Cl)c1. The van der Waals surface area contributed by atoms with Gasteiger partial charge in [0.25, 0.3) is 0 Å². The van der Waals surface area contributed by atoms with E-state index in [1.54, 1.807) is 12.1 Å². The van der Waals surface area contributed by atoms with Crippen molar-refractivity contribution in [1.29, 1.82) is 0 Å². The summed E-state index contributed by atoms with van der Waals surface area (Å²) in [6.45, 7) is 0.531. The van der Waals surface area contributed by atoms with Crippen LogP contribution >= 0.6 is 34.8 Å². The first kappa shape index (κ1) is 13.6. The third-order valence-electron chi connectivity index (χ3n) is 2.87. The predicted molar refractivity (Wildman–Crippen MR) is 84.0 cm³/mol. The van der Waals surface area contributed by atoms with Crippen LogP contribution in [0.4, 0.5) is 5.69 Å². The molecule has 1 aromatic carbocycles. The Hall–Kier alpha value is -1.42. The van der Waals surface area contributed by atoms with Crippen LogP contribution in [0.25, 0.3) is 5.65 Å². The molecule has 0 fully saturated rings. The zero-order chi connectivity index (χ0) is 14.1. The molecule has 0 unspecified atom stereocenters. The van der Waals surface area contributed by atoms with Crippen molar-refractivity contribution < 1.29 is 0 Å². The maximum atomic E-state index is 6.12. The molecular weight excluding hydrogens is 317 g/mol. The standard InChI is InChI=1S/C14H10Cl3N3/c15-9-5-11(16)14(12(17)6-9)18-7-10-8-20-4-2-1-3-13(20)19-10/h1-6,8,18H,7H2. The first-order chi connectivity index (χ1) is 9.63. The third kappa shape index (κ3) is 2.70. The summed E-state index contributed by atoms with van der Waals surface area (Å²) in [5.74, 6) is 0. The Kier molecular flexibility index (Phi) is 3.74. The van der Waals surface area contributed by atoms with E-state index < -0.39 is 0 Å². The quantitative estimate of drug-likeness (QED) is 0.741. The molecule has 0 aliphatic rings. The van der Waals surface area contributed by atoms with Gasteiger partial charge < -0.3 is 9.72 Å². The number of nitrogens with zero attached hydrogens (tertiary/aromatic N) is 2. The Morgan fingerprint density at radius 3 is 2.55 bits per heavy atom. The second-order valence-electron chi connectivity index (χ2n) is 4.30. The molecular formula is C14H10Cl3N3. The van der Waals surface area contributed by atoms with Crippen molar-refractivity contribution in [3.63, 3.8) is 0 Å². The largest absolute Gasteiger partial charge is 0.377 e. The molecule has 0 saturated heterocycles. The van der Waals surface area contributed by atoms with Gasteiger partial charge in [-0.15, -0.1) is 0 Å². The van der Waals surface area contributed by atoms with Crippen LogP contribution in [0.3, 0.4) is 0 Å². The fourth-order valence-corrected chi connectivity index (χ4v) is 2.91. The number of anilines is 1. The second kappa shape index (κ2) is 5.52. The van der Waals surface area contributed by atoms with Crippen LogP contribution < -0.4 is 5.32 Å². The van der Waals surface area contributed by atoms with Crippen molar-refractivity contribution in [1.82, 2.24) is 9.38 Å². The maximum absolute atomic E-state index is 6.12. The summed E-state index contributed by atoms with van der Waals surface area (Å²) in [5, 5.41) is 4.68. The number of aromatic nitrogens is 2. The second-order valence-corrected chi connectivity index (χ2v) is 5.55. The third-order valence-corrected chi connectivity index (χ3v) is 3.68. The van der Waals surface area contributed by atoms with Gasteiger partial charge in [0.2, 0.25) is 0 Å². The molecule has 0 spiro atoms. The molecule has 0 atom stereocenters. The number of imidazole rings is 1. The fourth-order valence-electron chi connectivity index (χ4n) is 1.96. The number of halogens is 3. The molecule has 3 nitrogen and oxygen atoms in total. The average molecular weight is 327 g/mol. The molecule has 0 aliphatic carbocycles. The number of hydrogen-bond acceptors (Lipinski definition) is 2. The normalized spacial score (nSPS) is 10.9. The van der Waals surface area contributed by atoms with Gasteiger partial charge >= 0.3 is 0 Å². The van der Waals surface area contributed by atoms with Crippen molar-refractivity contribution in [3.05, 3.63) is 63.5 Å². The van der Waals surface area contributed by atoms with E-state index in [0.717, 1.165) is 11.3 Å². The summed E-state index contributed by atoms with van der Waals surface area (Å²) in [6.07, 6.45) is 3.91. The number of fused-ring (bicyclic) bond motifs is 1. The monoisotopic (exact) mass is 325 g/mol. The van der Waals surface area contributed by atoms with Crippen molar-refractivity contribution in [2.75, 3.05) is 5.32 Å². The van der Waals surface area contributed by atoms with E-state index in [0.29, 0.717) is 27.3 Å². The highest BCUT2D eigenvalue weighted by Gasteiger charge is 2.08. The summed E-state index contributed by atoms with van der Waals surface area (Å²) >= 11 is 18.1. The maximum Gasteiger partial charge on any atom is 0.137 e. The van der Waals surface area contributed by atoms with Gasteiger partial charge in [-0.25, -0.2) is 4.98 Å². The lowest BCUT2D eigenvalue weighted by molar-refractivity contribution is 1.08. The van der Waals surface area contributed by atoms with Gasteiger partial charge in [-0.2, -0.15) is 0 Å². The lowest BCUT2D eigenvalue weighted by atomic mass is 10.3. The van der Waals surface area contributed by atoms with Crippen molar-refractivity contribution in [2.24, 2.45) is 0 Å². The van der Waals surface area contributed by atoms with Crippen LogP contribution in [0, 0.1) is 0 Å². The minimum absolute atomic E-state index is 0.492. The summed E-state index contributed by atoms with van der Waals surface area (Å²) < 4.78 is 1.96. The first-order valence-electron chi connectivity index (χ1n) is 5.94. The Morgan fingerprint density at radius 1 is 1.10 bits per heavy atom. The minimum atomic E-state index is 0.492. The van der Waals surface area contributed by atoms with Crippen LogP contribution in [-0.2, 0) is 6.54 Å². The van der Waals surface area contributed by atoms with Gasteiger partial charge in [0.15, 0.2) is 0 Å². The zero-order valence-electron chi connectivity index (χ0n) is 10.3. The van der Waals surface area contributed by atoms with Gasteiger partial charge in [0.05, 0.1) is 28.0 Å². The van der Waals surface area contributed by atoms with E-state index in [1.807, 2.05) is 35.0 Å². The number of benzene rings is 1. The van der Waals surface area contributed by atoms with Crippen molar-refractivity contribution in [2.45, 2.75) is 6.54 Å². The summed E-state index contributed by atoms with van der Waals surface area (Å²) in [5.41, 5.74) is 2.46. The minimum Gasteiger partial charge on any atom is -0.377 e. The van der Waals surface area contributed by atoms with Crippen LogP contribution in [0.5, 0.6) is 0 Å². The Bertz CT molecular complexity index is 711. The van der Waals surface area contributed by atoms with Crippen LogP contribution in [0.2, 0.25) is 15.1 Å². The molecule has 0 bridgehead atoms. The fraction of sp³-hybridized carbons (Fsp3) is 0.0714. The zero-order valence-corrected chi connectivity index (χ0v) is 12.5. The first-order valence-corrected chi connectivity index (χ1v) is 7.08.